The maximum atomic E-state index is 6.44. The fourth-order valence-corrected chi connectivity index (χ4v) is 1.92. The molecule has 0 spiro atoms. The Morgan fingerprint density at radius 2 is 1.58 bits per heavy atom. The van der Waals surface area contributed by atoms with Crippen molar-refractivity contribution in [1.29, 1.82) is 0 Å². The lowest BCUT2D eigenvalue weighted by atomic mass is 9.86. The number of aromatic nitrogens is 1. The maximum absolute atomic E-state index is 6.44. The van der Waals surface area contributed by atoms with E-state index in [1.165, 1.54) is 0 Å². The zero-order chi connectivity index (χ0) is 13.9. The topological polar surface area (TPSA) is 57.4 Å². The molecule has 1 unspecified atom stereocenters. The third-order valence-electron chi connectivity index (χ3n) is 3.24. The number of hydrogen-bond acceptors (Lipinski definition) is 4. The van der Waals surface area contributed by atoms with E-state index in [2.05, 4.69) is 4.98 Å². The van der Waals surface area contributed by atoms with E-state index in [9.17, 15) is 0 Å². The Kier molecular flexibility index (Phi) is 3.71. The molecule has 0 saturated heterocycles. The van der Waals surface area contributed by atoms with E-state index >= 15 is 0 Å². The number of pyridine rings is 1. The van der Waals surface area contributed by atoms with Crippen molar-refractivity contribution in [1.82, 2.24) is 4.98 Å². The summed E-state index contributed by atoms with van der Waals surface area (Å²) in [6.07, 6.45) is 3.42. The molecule has 1 atom stereocenters. The molecule has 0 amide bonds. The quantitative estimate of drug-likeness (QED) is 0.914. The number of benzene rings is 1. The van der Waals surface area contributed by atoms with Crippen molar-refractivity contribution in [3.8, 4) is 11.5 Å². The monoisotopic (exact) mass is 258 g/mol. The molecule has 0 aliphatic rings. The molecule has 0 aliphatic carbocycles. The number of nitrogens with zero attached hydrogens (tertiary/aromatic N) is 1. The van der Waals surface area contributed by atoms with Crippen molar-refractivity contribution in [2.24, 2.45) is 5.73 Å². The summed E-state index contributed by atoms with van der Waals surface area (Å²) in [4.78, 5) is 4.15. The summed E-state index contributed by atoms with van der Waals surface area (Å²) >= 11 is 0. The van der Waals surface area contributed by atoms with E-state index in [-0.39, 0.29) is 0 Å². The molecular weight excluding hydrogens is 240 g/mol. The highest BCUT2D eigenvalue weighted by Crippen LogP contribution is 2.29. The molecule has 1 aromatic heterocycles. The van der Waals surface area contributed by atoms with Crippen molar-refractivity contribution >= 4 is 0 Å². The molecule has 2 N–H and O–H groups in total. The molecule has 4 nitrogen and oxygen atoms in total. The van der Waals surface area contributed by atoms with Crippen LogP contribution in [-0.4, -0.2) is 19.2 Å². The van der Waals surface area contributed by atoms with Crippen molar-refractivity contribution in [2.75, 3.05) is 14.2 Å². The fourth-order valence-electron chi connectivity index (χ4n) is 1.92. The highest BCUT2D eigenvalue weighted by atomic mass is 16.5. The summed E-state index contributed by atoms with van der Waals surface area (Å²) < 4.78 is 10.3. The first-order valence-electron chi connectivity index (χ1n) is 6.01. The fraction of sp³-hybridized carbons (Fsp3) is 0.267. The largest absolute Gasteiger partial charge is 0.497 e. The van der Waals surface area contributed by atoms with Crippen molar-refractivity contribution in [3.05, 3.63) is 53.9 Å². The van der Waals surface area contributed by atoms with Gasteiger partial charge in [0.05, 0.1) is 26.0 Å². The highest BCUT2D eigenvalue weighted by molar-refractivity contribution is 5.40. The number of hydrogen-bond donors (Lipinski definition) is 1. The van der Waals surface area contributed by atoms with E-state index in [1.54, 1.807) is 26.6 Å². The predicted octanol–water partition coefficient (Wildman–Crippen LogP) is 2.32. The van der Waals surface area contributed by atoms with Gasteiger partial charge >= 0.3 is 0 Å². The van der Waals surface area contributed by atoms with Crippen LogP contribution in [0.2, 0.25) is 0 Å². The smallest absolute Gasteiger partial charge is 0.137 e. The second kappa shape index (κ2) is 5.28. The van der Waals surface area contributed by atoms with E-state index in [1.807, 2.05) is 37.3 Å². The molecule has 4 heteroatoms. The number of rotatable bonds is 4. The van der Waals surface area contributed by atoms with Crippen LogP contribution in [0.25, 0.3) is 0 Å². The average molecular weight is 258 g/mol. The second-order valence-electron chi connectivity index (χ2n) is 4.54. The van der Waals surface area contributed by atoms with Gasteiger partial charge in [-0.2, -0.15) is 0 Å². The summed E-state index contributed by atoms with van der Waals surface area (Å²) in [6, 6.07) is 9.61. The van der Waals surface area contributed by atoms with E-state index in [0.717, 1.165) is 16.9 Å². The lowest BCUT2D eigenvalue weighted by molar-refractivity contribution is 0.410. The van der Waals surface area contributed by atoms with Crippen LogP contribution >= 0.6 is 0 Å². The van der Waals surface area contributed by atoms with E-state index < -0.39 is 5.54 Å². The minimum atomic E-state index is -0.631. The molecule has 19 heavy (non-hydrogen) atoms. The van der Waals surface area contributed by atoms with Crippen LogP contribution in [0.5, 0.6) is 11.5 Å². The van der Waals surface area contributed by atoms with E-state index in [0.29, 0.717) is 5.75 Å². The van der Waals surface area contributed by atoms with Gasteiger partial charge in [-0.05, 0) is 36.2 Å². The predicted molar refractivity (Wildman–Crippen MR) is 74.4 cm³/mol. The van der Waals surface area contributed by atoms with Gasteiger partial charge in [-0.15, -0.1) is 0 Å². The van der Waals surface area contributed by atoms with Crippen LogP contribution in [0, 0.1) is 0 Å². The molecule has 0 fully saturated rings. The summed E-state index contributed by atoms with van der Waals surface area (Å²) in [5.74, 6) is 1.51. The Morgan fingerprint density at radius 1 is 0.947 bits per heavy atom. The minimum absolute atomic E-state index is 0.631. The Morgan fingerprint density at radius 3 is 2.16 bits per heavy atom. The molecule has 1 heterocycles. The summed E-state index contributed by atoms with van der Waals surface area (Å²) in [5.41, 5.74) is 7.70. The van der Waals surface area contributed by atoms with Gasteiger partial charge in [0.2, 0.25) is 0 Å². The van der Waals surface area contributed by atoms with Crippen LogP contribution in [0.15, 0.2) is 42.7 Å². The normalized spacial score (nSPS) is 13.7. The molecule has 2 aromatic rings. The zero-order valence-electron chi connectivity index (χ0n) is 11.4. The van der Waals surface area contributed by atoms with Crippen LogP contribution in [0.1, 0.15) is 18.1 Å². The highest BCUT2D eigenvalue weighted by Gasteiger charge is 2.24. The lowest BCUT2D eigenvalue weighted by Gasteiger charge is -2.26. The third-order valence-corrected chi connectivity index (χ3v) is 3.24. The number of nitrogens with two attached hydrogens (primary N) is 1. The molecule has 0 saturated carbocycles. The van der Waals surface area contributed by atoms with Gasteiger partial charge in [0.1, 0.15) is 11.5 Å². The average Bonchev–Trinajstić information content (AvgIpc) is 2.47. The van der Waals surface area contributed by atoms with Gasteiger partial charge in [0.25, 0.3) is 0 Å². The summed E-state index contributed by atoms with van der Waals surface area (Å²) in [7, 11) is 3.25. The first-order chi connectivity index (χ1) is 9.07. The van der Waals surface area contributed by atoms with Crippen LogP contribution in [0.3, 0.4) is 0 Å². The van der Waals surface area contributed by atoms with Gasteiger partial charge in [-0.25, -0.2) is 0 Å². The SMILES string of the molecule is COc1ccc(C(C)(N)c2cncc(OC)c2)cc1. The van der Waals surface area contributed by atoms with Crippen LogP contribution < -0.4 is 15.2 Å². The first-order valence-corrected chi connectivity index (χ1v) is 6.01. The van der Waals surface area contributed by atoms with Crippen LogP contribution in [-0.2, 0) is 5.54 Å². The molecule has 0 bridgehead atoms. The van der Waals surface area contributed by atoms with Crippen LogP contribution in [0.4, 0.5) is 0 Å². The maximum Gasteiger partial charge on any atom is 0.137 e. The Hall–Kier alpha value is -2.07. The van der Waals surface area contributed by atoms with Gasteiger partial charge in [-0.1, -0.05) is 12.1 Å². The molecule has 1 aromatic carbocycles. The second-order valence-corrected chi connectivity index (χ2v) is 4.54. The Labute approximate surface area is 113 Å². The number of ether oxygens (including phenoxy) is 2. The minimum Gasteiger partial charge on any atom is -0.497 e. The van der Waals surface area contributed by atoms with Gasteiger partial charge in [0, 0.05) is 6.20 Å². The van der Waals surface area contributed by atoms with Gasteiger partial charge in [0.15, 0.2) is 0 Å². The standard InChI is InChI=1S/C15H18N2O2/c1-15(16,11-4-6-13(18-2)7-5-11)12-8-14(19-3)10-17-9-12/h4-10H,16H2,1-3H3. The first kappa shape index (κ1) is 13.4. The van der Waals surface area contributed by atoms with Crippen molar-refractivity contribution < 1.29 is 9.47 Å². The molecule has 0 aliphatic heterocycles. The van der Waals surface area contributed by atoms with Gasteiger partial charge in [-0.3, -0.25) is 4.98 Å². The van der Waals surface area contributed by atoms with Crippen molar-refractivity contribution in [3.63, 3.8) is 0 Å². The van der Waals surface area contributed by atoms with Crippen molar-refractivity contribution in [2.45, 2.75) is 12.5 Å². The van der Waals surface area contributed by atoms with Gasteiger partial charge < -0.3 is 15.2 Å². The third kappa shape index (κ3) is 2.69. The molecule has 0 radical (unpaired) electrons. The van der Waals surface area contributed by atoms with E-state index in [4.69, 9.17) is 15.2 Å². The summed E-state index contributed by atoms with van der Waals surface area (Å²) in [5, 5.41) is 0. The molecular formula is C15H18N2O2. The number of methoxy groups -OCH3 is 2. The Bertz CT molecular complexity index is 550. The molecule has 2 rings (SSSR count). The molecule has 100 valence electrons. The Balaban J connectivity index is 2.38. The zero-order valence-corrected chi connectivity index (χ0v) is 11.4. The summed E-state index contributed by atoms with van der Waals surface area (Å²) in [6.45, 7) is 1.95. The lowest BCUT2D eigenvalue weighted by Crippen LogP contribution is -2.34.